The van der Waals surface area contributed by atoms with E-state index in [1.165, 1.54) is 18.4 Å². The molecule has 0 aliphatic rings. The number of benzene rings is 2. The maximum absolute atomic E-state index is 12.1. The molecule has 26 heavy (non-hydrogen) atoms. The number of thiazole rings is 1. The van der Waals surface area contributed by atoms with Crippen LogP contribution in [-0.2, 0) is 16.6 Å². The molecule has 0 fully saturated rings. The van der Waals surface area contributed by atoms with Gasteiger partial charge in [-0.2, -0.15) is 4.99 Å². The lowest BCUT2D eigenvalue weighted by Gasteiger charge is -2.02. The average molecular weight is 391 g/mol. The highest BCUT2D eigenvalue weighted by molar-refractivity contribution is 7.16. The molecule has 134 valence electrons. The zero-order chi connectivity index (χ0) is 18.7. The monoisotopic (exact) mass is 390 g/mol. The van der Waals surface area contributed by atoms with Crippen LogP contribution in [0.5, 0.6) is 5.75 Å². The van der Waals surface area contributed by atoms with Gasteiger partial charge in [-0.1, -0.05) is 22.9 Å². The van der Waals surface area contributed by atoms with Crippen molar-refractivity contribution in [3.8, 4) is 5.75 Å². The van der Waals surface area contributed by atoms with Crippen LogP contribution in [0.4, 0.5) is 0 Å². The van der Waals surface area contributed by atoms with E-state index in [1.54, 1.807) is 47.0 Å². The van der Waals surface area contributed by atoms with Crippen molar-refractivity contribution in [2.75, 3.05) is 13.7 Å². The molecular formula is C18H15ClN2O4S. The summed E-state index contributed by atoms with van der Waals surface area (Å²) in [6.45, 7) is -0.177. The summed E-state index contributed by atoms with van der Waals surface area (Å²) in [6.07, 6.45) is 0. The summed E-state index contributed by atoms with van der Waals surface area (Å²) in [6, 6.07) is 11.9. The van der Waals surface area contributed by atoms with Crippen LogP contribution in [0.25, 0.3) is 10.2 Å². The number of methoxy groups -OCH3 is 1. The molecule has 1 heterocycles. The quantitative estimate of drug-likeness (QED) is 0.641. The van der Waals surface area contributed by atoms with E-state index < -0.39 is 11.9 Å². The number of carbonyl (C=O) groups is 2. The summed E-state index contributed by atoms with van der Waals surface area (Å²) in [7, 11) is 3.14. The number of carbonyl (C=O) groups excluding carboxylic acids is 2. The molecular weight excluding hydrogens is 376 g/mol. The molecule has 8 heteroatoms. The smallest absolute Gasteiger partial charge is 0.337 e. The van der Waals surface area contributed by atoms with Gasteiger partial charge < -0.3 is 14.0 Å². The van der Waals surface area contributed by atoms with Gasteiger partial charge in [0, 0.05) is 12.1 Å². The van der Waals surface area contributed by atoms with E-state index in [2.05, 4.69) is 4.99 Å². The lowest BCUT2D eigenvalue weighted by molar-refractivity contribution is -0.120. The number of halogens is 1. The number of hydrogen-bond acceptors (Lipinski definition) is 5. The summed E-state index contributed by atoms with van der Waals surface area (Å²) < 4.78 is 12.8. The molecule has 0 bridgehead atoms. The highest BCUT2D eigenvalue weighted by atomic mass is 35.5. The van der Waals surface area contributed by atoms with Crippen LogP contribution < -0.4 is 9.54 Å². The van der Waals surface area contributed by atoms with Crippen LogP contribution in [0.15, 0.2) is 47.5 Å². The molecule has 0 saturated carbocycles. The molecule has 3 aromatic rings. The summed E-state index contributed by atoms with van der Waals surface area (Å²) >= 11 is 7.12. The SMILES string of the molecule is COC(=O)c1ccc2c(c1)sc(=NC(=O)COc1ccc(Cl)cc1)n2C. The minimum absolute atomic E-state index is 0.177. The molecule has 0 spiro atoms. The topological polar surface area (TPSA) is 69.9 Å². The van der Waals surface area contributed by atoms with E-state index >= 15 is 0 Å². The number of ether oxygens (including phenoxy) is 2. The van der Waals surface area contributed by atoms with Gasteiger partial charge in [0.15, 0.2) is 11.4 Å². The van der Waals surface area contributed by atoms with Gasteiger partial charge in [0.2, 0.25) is 0 Å². The van der Waals surface area contributed by atoms with Crippen molar-refractivity contribution in [1.82, 2.24) is 4.57 Å². The molecule has 0 radical (unpaired) electrons. The van der Waals surface area contributed by atoms with Crippen molar-refractivity contribution >= 4 is 45.0 Å². The highest BCUT2D eigenvalue weighted by Gasteiger charge is 2.10. The average Bonchev–Trinajstić information content (AvgIpc) is 2.95. The maximum atomic E-state index is 12.1. The van der Waals surface area contributed by atoms with E-state index in [1.807, 2.05) is 7.05 Å². The minimum atomic E-state index is -0.408. The van der Waals surface area contributed by atoms with E-state index in [0.717, 1.165) is 10.2 Å². The van der Waals surface area contributed by atoms with Crippen LogP contribution in [0.3, 0.4) is 0 Å². The fraction of sp³-hybridized carbons (Fsp3) is 0.167. The largest absolute Gasteiger partial charge is 0.484 e. The normalized spacial score (nSPS) is 11.6. The Hall–Kier alpha value is -2.64. The number of hydrogen-bond donors (Lipinski definition) is 0. The summed E-state index contributed by atoms with van der Waals surface area (Å²) in [5.74, 6) is -0.273. The van der Waals surface area contributed by atoms with Crippen LogP contribution in [0.2, 0.25) is 5.02 Å². The Kier molecular flexibility index (Phi) is 5.39. The molecule has 1 amide bonds. The van der Waals surface area contributed by atoms with Crippen molar-refractivity contribution < 1.29 is 19.1 Å². The van der Waals surface area contributed by atoms with Crippen LogP contribution >= 0.6 is 22.9 Å². The first kappa shape index (κ1) is 18.2. The molecule has 2 aromatic carbocycles. The molecule has 0 aliphatic carbocycles. The van der Waals surface area contributed by atoms with Crippen molar-refractivity contribution in [2.45, 2.75) is 0 Å². The molecule has 6 nitrogen and oxygen atoms in total. The van der Waals surface area contributed by atoms with Gasteiger partial charge in [-0.3, -0.25) is 4.79 Å². The van der Waals surface area contributed by atoms with Gasteiger partial charge in [0.25, 0.3) is 5.91 Å². The lowest BCUT2D eigenvalue weighted by Crippen LogP contribution is -2.17. The van der Waals surface area contributed by atoms with Gasteiger partial charge in [0.05, 0.1) is 22.9 Å². The second-order valence-electron chi connectivity index (χ2n) is 5.37. The van der Waals surface area contributed by atoms with E-state index in [4.69, 9.17) is 21.1 Å². The van der Waals surface area contributed by atoms with Crippen LogP contribution in [0, 0.1) is 0 Å². The summed E-state index contributed by atoms with van der Waals surface area (Å²) in [5, 5.41) is 0.594. The second kappa shape index (κ2) is 7.72. The van der Waals surface area contributed by atoms with Crippen molar-refractivity contribution in [2.24, 2.45) is 12.0 Å². The van der Waals surface area contributed by atoms with Gasteiger partial charge in [-0.15, -0.1) is 0 Å². The van der Waals surface area contributed by atoms with Gasteiger partial charge in [-0.25, -0.2) is 4.79 Å². The Morgan fingerprint density at radius 1 is 1.19 bits per heavy atom. The van der Waals surface area contributed by atoms with Crippen molar-refractivity contribution in [1.29, 1.82) is 0 Å². The standard InChI is InChI=1S/C18H15ClN2O4S/c1-21-14-8-3-11(17(23)24-2)9-15(14)26-18(21)20-16(22)10-25-13-6-4-12(19)5-7-13/h3-9H,10H2,1-2H3. The van der Waals surface area contributed by atoms with Gasteiger partial charge >= 0.3 is 5.97 Å². The van der Waals surface area contributed by atoms with E-state index in [-0.39, 0.29) is 6.61 Å². The Morgan fingerprint density at radius 3 is 2.62 bits per heavy atom. The van der Waals surface area contributed by atoms with Crippen LogP contribution in [-0.4, -0.2) is 30.2 Å². The fourth-order valence-electron chi connectivity index (χ4n) is 2.30. The predicted octanol–water partition coefficient (Wildman–Crippen LogP) is 3.19. The number of nitrogens with zero attached hydrogens (tertiary/aromatic N) is 2. The molecule has 0 aliphatic heterocycles. The first-order valence-corrected chi connectivity index (χ1v) is 8.81. The molecule has 0 atom stereocenters. The number of aromatic nitrogens is 1. The fourth-order valence-corrected chi connectivity index (χ4v) is 3.50. The Morgan fingerprint density at radius 2 is 1.92 bits per heavy atom. The highest BCUT2D eigenvalue weighted by Crippen LogP contribution is 2.19. The number of amides is 1. The molecule has 0 saturated heterocycles. The Balaban J connectivity index is 1.81. The first-order chi connectivity index (χ1) is 12.5. The Bertz CT molecular complexity index is 1040. The predicted molar refractivity (Wildman–Crippen MR) is 99.7 cm³/mol. The molecule has 1 aromatic heterocycles. The van der Waals surface area contributed by atoms with Crippen LogP contribution in [0.1, 0.15) is 10.4 Å². The zero-order valence-corrected chi connectivity index (χ0v) is 15.6. The minimum Gasteiger partial charge on any atom is -0.484 e. The second-order valence-corrected chi connectivity index (χ2v) is 6.81. The maximum Gasteiger partial charge on any atom is 0.337 e. The van der Waals surface area contributed by atoms with E-state index in [9.17, 15) is 9.59 Å². The third kappa shape index (κ3) is 3.95. The third-order valence-corrected chi connectivity index (χ3v) is 4.97. The van der Waals surface area contributed by atoms with E-state index in [0.29, 0.717) is 21.1 Å². The summed E-state index contributed by atoms with van der Waals surface area (Å²) in [5.41, 5.74) is 1.32. The van der Waals surface area contributed by atoms with Gasteiger partial charge in [-0.05, 0) is 42.5 Å². The molecule has 0 unspecified atom stereocenters. The van der Waals surface area contributed by atoms with Crippen molar-refractivity contribution in [3.05, 3.63) is 57.9 Å². The molecule has 0 N–H and O–H groups in total. The number of aryl methyl sites for hydroxylation is 1. The third-order valence-electron chi connectivity index (χ3n) is 3.63. The Labute approximate surface area is 158 Å². The number of rotatable bonds is 4. The molecule has 3 rings (SSSR count). The number of fused-ring (bicyclic) bond motifs is 1. The summed E-state index contributed by atoms with van der Waals surface area (Å²) in [4.78, 5) is 28.4. The zero-order valence-electron chi connectivity index (χ0n) is 14.1. The lowest BCUT2D eigenvalue weighted by atomic mass is 10.2. The number of esters is 1. The van der Waals surface area contributed by atoms with Crippen molar-refractivity contribution in [3.63, 3.8) is 0 Å². The van der Waals surface area contributed by atoms with Gasteiger partial charge in [0.1, 0.15) is 5.75 Å². The first-order valence-electron chi connectivity index (χ1n) is 7.62.